The molecule has 1 unspecified atom stereocenters. The van der Waals surface area contributed by atoms with Crippen molar-refractivity contribution in [1.82, 2.24) is 9.78 Å². The van der Waals surface area contributed by atoms with Crippen LogP contribution in [0.25, 0.3) is 0 Å². The van der Waals surface area contributed by atoms with Crippen LogP contribution in [-0.4, -0.2) is 9.78 Å². The van der Waals surface area contributed by atoms with Gasteiger partial charge in [-0.2, -0.15) is 5.10 Å². The molecule has 2 N–H and O–H groups in total. The van der Waals surface area contributed by atoms with Crippen LogP contribution in [0.3, 0.4) is 0 Å². The average molecular weight is 287 g/mol. The molecule has 114 valence electrons. The Morgan fingerprint density at radius 1 is 1.29 bits per heavy atom. The Kier molecular flexibility index (Phi) is 5.02. The van der Waals surface area contributed by atoms with Crippen LogP contribution in [0.15, 0.2) is 24.3 Å². The molecule has 4 heteroatoms. The molecule has 2 aromatic rings. The largest absolute Gasteiger partial charge is 0.487 e. The fourth-order valence-corrected chi connectivity index (χ4v) is 2.37. The molecule has 0 spiro atoms. The van der Waals surface area contributed by atoms with Crippen molar-refractivity contribution in [3.05, 3.63) is 46.8 Å². The molecule has 1 heterocycles. The Labute approximate surface area is 126 Å². The van der Waals surface area contributed by atoms with Gasteiger partial charge in [0.15, 0.2) is 0 Å². The van der Waals surface area contributed by atoms with Gasteiger partial charge in [-0.1, -0.05) is 19.1 Å². The third-order valence-corrected chi connectivity index (χ3v) is 3.61. The summed E-state index contributed by atoms with van der Waals surface area (Å²) in [6, 6.07) is 8.24. The van der Waals surface area contributed by atoms with Gasteiger partial charge >= 0.3 is 0 Å². The molecule has 2 rings (SSSR count). The van der Waals surface area contributed by atoms with E-state index in [2.05, 4.69) is 38.0 Å². The Bertz CT molecular complexity index is 602. The fraction of sp³-hybridized carbons (Fsp3) is 0.471. The highest BCUT2D eigenvalue weighted by Gasteiger charge is 2.11. The maximum Gasteiger partial charge on any atom is 0.130 e. The quantitative estimate of drug-likeness (QED) is 0.886. The highest BCUT2D eigenvalue weighted by molar-refractivity contribution is 5.39. The first-order chi connectivity index (χ1) is 10.0. The highest BCUT2D eigenvalue weighted by atomic mass is 16.5. The molecule has 0 fully saturated rings. The second-order valence-corrected chi connectivity index (χ2v) is 5.41. The van der Waals surface area contributed by atoms with Crippen molar-refractivity contribution in [3.63, 3.8) is 0 Å². The fourth-order valence-electron chi connectivity index (χ4n) is 2.37. The Morgan fingerprint density at radius 3 is 2.67 bits per heavy atom. The summed E-state index contributed by atoms with van der Waals surface area (Å²) in [5.74, 6) is 0.868. The van der Waals surface area contributed by atoms with Gasteiger partial charge in [-0.05, 0) is 44.9 Å². The van der Waals surface area contributed by atoms with Crippen LogP contribution >= 0.6 is 0 Å². The third kappa shape index (κ3) is 3.64. The topological polar surface area (TPSA) is 53.1 Å². The minimum absolute atomic E-state index is 0.0390. The van der Waals surface area contributed by atoms with Gasteiger partial charge in [-0.3, -0.25) is 4.68 Å². The van der Waals surface area contributed by atoms with Gasteiger partial charge in [0.05, 0.1) is 11.4 Å². The summed E-state index contributed by atoms with van der Waals surface area (Å²) in [7, 11) is 0. The number of nitrogens with two attached hydrogens (primary N) is 1. The van der Waals surface area contributed by atoms with E-state index in [0.29, 0.717) is 6.61 Å². The smallest absolute Gasteiger partial charge is 0.130 e. The van der Waals surface area contributed by atoms with E-state index in [4.69, 9.17) is 10.5 Å². The van der Waals surface area contributed by atoms with Crippen LogP contribution in [0.1, 0.15) is 49.3 Å². The first-order valence-electron chi connectivity index (χ1n) is 7.59. The molecule has 0 bridgehead atoms. The molecule has 0 aliphatic carbocycles. The zero-order chi connectivity index (χ0) is 15.4. The highest BCUT2D eigenvalue weighted by Crippen LogP contribution is 2.26. The number of rotatable bonds is 6. The summed E-state index contributed by atoms with van der Waals surface area (Å²) in [6.45, 7) is 9.61. The van der Waals surface area contributed by atoms with Gasteiger partial charge in [-0.25, -0.2) is 0 Å². The summed E-state index contributed by atoms with van der Waals surface area (Å²) in [4.78, 5) is 0. The molecule has 1 aromatic heterocycles. The van der Waals surface area contributed by atoms with Gasteiger partial charge in [0.25, 0.3) is 0 Å². The predicted molar refractivity (Wildman–Crippen MR) is 85.4 cm³/mol. The number of nitrogens with zero attached hydrogens (tertiary/aromatic N) is 2. The van der Waals surface area contributed by atoms with Crippen molar-refractivity contribution < 1.29 is 4.74 Å². The molecule has 21 heavy (non-hydrogen) atoms. The summed E-state index contributed by atoms with van der Waals surface area (Å²) < 4.78 is 8.03. The third-order valence-electron chi connectivity index (χ3n) is 3.61. The molecule has 0 saturated carbocycles. The zero-order valence-corrected chi connectivity index (χ0v) is 13.4. The molecule has 0 radical (unpaired) electrons. The van der Waals surface area contributed by atoms with E-state index in [0.717, 1.165) is 35.7 Å². The standard InChI is InChI=1S/C17H25N3O/c1-5-14-10-15(20(6-2)19-14)11-21-17-9-12(3)7-8-16(17)13(4)18/h7-10,13H,5-6,11,18H2,1-4H3. The van der Waals surface area contributed by atoms with Crippen LogP contribution in [0.5, 0.6) is 5.75 Å². The monoisotopic (exact) mass is 287 g/mol. The maximum absolute atomic E-state index is 6.02. The van der Waals surface area contributed by atoms with Gasteiger partial charge in [-0.15, -0.1) is 0 Å². The van der Waals surface area contributed by atoms with Crippen molar-refractivity contribution in [3.8, 4) is 5.75 Å². The van der Waals surface area contributed by atoms with E-state index in [-0.39, 0.29) is 6.04 Å². The Balaban J connectivity index is 2.19. The van der Waals surface area contributed by atoms with E-state index >= 15 is 0 Å². The summed E-state index contributed by atoms with van der Waals surface area (Å²) in [5, 5.41) is 4.55. The first-order valence-corrected chi connectivity index (χ1v) is 7.59. The van der Waals surface area contributed by atoms with Gasteiger partial charge < -0.3 is 10.5 Å². The Hall–Kier alpha value is -1.81. The predicted octanol–water partition coefficient (Wildman–Crippen LogP) is 3.37. The molecule has 0 amide bonds. The number of benzene rings is 1. The minimum atomic E-state index is -0.0390. The number of hydrogen-bond donors (Lipinski definition) is 1. The van der Waals surface area contributed by atoms with Crippen molar-refractivity contribution in [2.24, 2.45) is 5.73 Å². The number of aryl methyl sites for hydroxylation is 3. The summed E-state index contributed by atoms with van der Waals surface area (Å²) in [6.07, 6.45) is 0.940. The number of aromatic nitrogens is 2. The van der Waals surface area contributed by atoms with E-state index in [1.54, 1.807) is 0 Å². The Morgan fingerprint density at radius 2 is 2.05 bits per heavy atom. The lowest BCUT2D eigenvalue weighted by Gasteiger charge is -2.15. The molecular weight excluding hydrogens is 262 g/mol. The van der Waals surface area contributed by atoms with Crippen molar-refractivity contribution >= 4 is 0 Å². The van der Waals surface area contributed by atoms with E-state index < -0.39 is 0 Å². The van der Waals surface area contributed by atoms with Crippen molar-refractivity contribution in [2.75, 3.05) is 0 Å². The van der Waals surface area contributed by atoms with Crippen LogP contribution in [0.2, 0.25) is 0 Å². The molecule has 4 nitrogen and oxygen atoms in total. The van der Waals surface area contributed by atoms with Crippen LogP contribution < -0.4 is 10.5 Å². The van der Waals surface area contributed by atoms with Crippen LogP contribution in [-0.2, 0) is 19.6 Å². The first kappa shape index (κ1) is 15.6. The molecular formula is C17H25N3O. The van der Waals surface area contributed by atoms with Gasteiger partial charge in [0, 0.05) is 18.2 Å². The summed E-state index contributed by atoms with van der Waals surface area (Å²) in [5.41, 5.74) is 10.4. The minimum Gasteiger partial charge on any atom is -0.487 e. The zero-order valence-electron chi connectivity index (χ0n) is 13.4. The molecule has 0 aliphatic rings. The number of hydrogen-bond acceptors (Lipinski definition) is 3. The van der Waals surface area contributed by atoms with Crippen LogP contribution in [0.4, 0.5) is 0 Å². The lowest BCUT2D eigenvalue weighted by Crippen LogP contribution is -2.10. The van der Waals surface area contributed by atoms with E-state index in [9.17, 15) is 0 Å². The van der Waals surface area contributed by atoms with Gasteiger partial charge in [0.2, 0.25) is 0 Å². The van der Waals surface area contributed by atoms with Crippen molar-refractivity contribution in [2.45, 2.75) is 53.3 Å². The second-order valence-electron chi connectivity index (χ2n) is 5.41. The molecule has 1 atom stereocenters. The normalized spacial score (nSPS) is 12.4. The lowest BCUT2D eigenvalue weighted by molar-refractivity contribution is 0.288. The molecule has 1 aromatic carbocycles. The van der Waals surface area contributed by atoms with Gasteiger partial charge in [0.1, 0.15) is 12.4 Å². The molecule has 0 saturated heterocycles. The van der Waals surface area contributed by atoms with Crippen molar-refractivity contribution in [1.29, 1.82) is 0 Å². The number of ether oxygens (including phenoxy) is 1. The summed E-state index contributed by atoms with van der Waals surface area (Å²) >= 11 is 0. The average Bonchev–Trinajstić information content (AvgIpc) is 2.87. The maximum atomic E-state index is 6.02. The second kappa shape index (κ2) is 6.76. The van der Waals surface area contributed by atoms with E-state index in [1.807, 2.05) is 23.7 Å². The van der Waals surface area contributed by atoms with Crippen LogP contribution in [0, 0.1) is 6.92 Å². The van der Waals surface area contributed by atoms with E-state index in [1.165, 1.54) is 5.56 Å². The molecule has 0 aliphatic heterocycles. The lowest BCUT2D eigenvalue weighted by atomic mass is 10.1. The SMILES string of the molecule is CCc1cc(COc2cc(C)ccc2C(C)N)n(CC)n1.